The summed E-state index contributed by atoms with van der Waals surface area (Å²) in [5.41, 5.74) is 5.18. The van der Waals surface area contributed by atoms with Crippen molar-refractivity contribution in [2.75, 3.05) is 0 Å². The Balaban J connectivity index is 0.000000212. The van der Waals surface area contributed by atoms with Crippen LogP contribution in [-0.4, -0.2) is 0 Å². The fourth-order valence-electron chi connectivity index (χ4n) is 3.90. The first-order valence-electron chi connectivity index (χ1n) is 12.4. The molecule has 0 aromatic heterocycles. The Morgan fingerprint density at radius 1 is 0.513 bits per heavy atom. The Morgan fingerprint density at radius 3 is 1.10 bits per heavy atom. The van der Waals surface area contributed by atoms with Gasteiger partial charge in [0, 0.05) is 0 Å². The van der Waals surface area contributed by atoms with E-state index < -0.39 is 0 Å². The number of hydrogen-bond acceptors (Lipinski definition) is 2. The summed E-state index contributed by atoms with van der Waals surface area (Å²) in [6.07, 6.45) is 0. The number of allylic oxidation sites excluding steroid dienone is 2. The van der Waals surface area contributed by atoms with Crippen LogP contribution in [0.15, 0.2) is 158 Å². The number of hydrogen-bond donors (Lipinski definition) is 0. The van der Waals surface area contributed by atoms with Gasteiger partial charge in [-0.2, -0.15) is 0 Å². The van der Waals surface area contributed by atoms with Gasteiger partial charge in [-0.3, -0.25) is 0 Å². The monoisotopic (exact) mass is 586 g/mol. The van der Waals surface area contributed by atoms with Crippen molar-refractivity contribution >= 4 is 21.5 Å². The van der Waals surface area contributed by atoms with Gasteiger partial charge in [0.05, 0.1) is 0 Å². The first-order valence-corrected chi connectivity index (χ1v) is 12.4. The van der Waals surface area contributed by atoms with Crippen LogP contribution in [-0.2, 0) is 26.2 Å². The Bertz CT molecular complexity index is 1380. The van der Waals surface area contributed by atoms with Gasteiger partial charge < -0.3 is 10.2 Å². The second kappa shape index (κ2) is 16.1. The zero-order chi connectivity index (χ0) is 27.3. The molecule has 0 radical (unpaired) electrons. The summed E-state index contributed by atoms with van der Waals surface area (Å²) in [7, 11) is 0. The maximum atomic E-state index is 9.33. The molecule has 0 aliphatic rings. The molecule has 0 saturated heterocycles. The number of rotatable bonds is 2. The second-order valence-electron chi connectivity index (χ2n) is 8.88. The molecule has 0 amide bonds. The van der Waals surface area contributed by atoms with Gasteiger partial charge >= 0.3 is 26.2 Å². The maximum Gasteiger partial charge on any atom is 4.00 e. The van der Waals surface area contributed by atoms with Crippen molar-refractivity contribution in [1.82, 2.24) is 0 Å². The van der Waals surface area contributed by atoms with Crippen LogP contribution in [0.3, 0.4) is 0 Å². The molecule has 0 aliphatic heterocycles. The van der Waals surface area contributed by atoms with E-state index in [1.165, 1.54) is 57.6 Å². The van der Waals surface area contributed by atoms with Crippen molar-refractivity contribution < 1.29 is 36.4 Å². The molecular weight excluding hydrogens is 556 g/mol. The number of benzene rings is 4. The summed E-state index contributed by atoms with van der Waals surface area (Å²) in [6.45, 7) is 8.83. The van der Waals surface area contributed by atoms with E-state index in [1.54, 1.807) is 0 Å². The Morgan fingerprint density at radius 2 is 0.795 bits per heavy atom. The van der Waals surface area contributed by atoms with Crippen molar-refractivity contribution in [2.24, 2.45) is 0 Å². The zero-order valence-electron chi connectivity index (χ0n) is 22.4. The quantitative estimate of drug-likeness (QED) is 0.151. The summed E-state index contributed by atoms with van der Waals surface area (Å²) in [5.74, 6) is -0.167. The number of fused-ring (bicyclic) bond motifs is 2. The summed E-state index contributed by atoms with van der Waals surface area (Å²) >= 11 is 0. The van der Waals surface area contributed by atoms with Crippen LogP contribution >= 0.6 is 0 Å². The van der Waals surface area contributed by atoms with Crippen molar-refractivity contribution in [1.29, 1.82) is 0 Å². The normalized spacial score (nSPS) is 9.49. The van der Waals surface area contributed by atoms with Gasteiger partial charge in [0.2, 0.25) is 0 Å². The Kier molecular flexibility index (Phi) is 12.9. The van der Waals surface area contributed by atoms with Crippen LogP contribution in [0.5, 0.6) is 0 Å². The average molecular weight is 588 g/mol. The summed E-state index contributed by atoms with van der Waals surface area (Å²) in [5, 5.41) is 23.9. The van der Waals surface area contributed by atoms with E-state index in [9.17, 15) is 10.2 Å². The van der Waals surface area contributed by atoms with Gasteiger partial charge in [-0.05, 0) is 0 Å². The van der Waals surface area contributed by atoms with Crippen LogP contribution < -0.4 is 10.2 Å². The molecule has 0 heterocycles. The molecule has 0 spiro atoms. The minimum Gasteiger partial charge on any atom is -0.876 e. The third-order valence-corrected chi connectivity index (χ3v) is 5.45. The van der Waals surface area contributed by atoms with E-state index in [-0.39, 0.29) is 37.7 Å². The molecule has 6 aromatic carbocycles. The van der Waals surface area contributed by atoms with Crippen molar-refractivity contribution in [2.45, 2.75) is 13.8 Å². The largest absolute Gasteiger partial charge is 4.00 e. The topological polar surface area (TPSA) is 46.1 Å². The molecule has 0 N–H and O–H groups in total. The van der Waals surface area contributed by atoms with E-state index >= 15 is 0 Å². The van der Waals surface area contributed by atoms with Gasteiger partial charge in [0.1, 0.15) is 0 Å². The minimum absolute atomic E-state index is 0. The molecule has 192 valence electrons. The standard InChI is InChI=1S/2C15H11.2C3H6O.Zr/c2*1-2-6-12(7-3-1)15-10-13-8-4-5-9-14(13)11-15;2*1-3(2)4;/h2*1-11H;2*4H,1H2,2H3;/q2*-1;;;+4/p-2. The summed E-state index contributed by atoms with van der Waals surface area (Å²) in [4.78, 5) is 0. The van der Waals surface area contributed by atoms with Crippen LogP contribution in [0, 0.1) is 0 Å². The van der Waals surface area contributed by atoms with Gasteiger partial charge in [-0.25, -0.2) is 0 Å². The molecule has 0 unspecified atom stereocenters. The SMILES string of the molecule is C=C(C)[O-].C=C(C)[O-].[Zr+4].c1ccc(-c2cc3ccccc3[cH-]2)cc1.c1ccc(-c2cc3ccccc3[cH-]2)cc1. The van der Waals surface area contributed by atoms with Crippen molar-refractivity contribution in [3.8, 4) is 22.3 Å². The first kappa shape index (κ1) is 31.3. The molecule has 0 bridgehead atoms. The van der Waals surface area contributed by atoms with Crippen molar-refractivity contribution in [3.05, 3.63) is 158 Å². The van der Waals surface area contributed by atoms with Crippen molar-refractivity contribution in [3.63, 3.8) is 0 Å². The van der Waals surface area contributed by atoms with E-state index in [0.29, 0.717) is 0 Å². The fraction of sp³-hybridized carbons (Fsp3) is 0.0556. The van der Waals surface area contributed by atoms with E-state index in [4.69, 9.17) is 0 Å². The molecule has 2 nitrogen and oxygen atoms in total. The summed E-state index contributed by atoms with van der Waals surface area (Å²) < 4.78 is 0. The van der Waals surface area contributed by atoms with Gasteiger partial charge in [0.15, 0.2) is 0 Å². The van der Waals surface area contributed by atoms with E-state index in [1.807, 2.05) is 12.1 Å². The Hall–Kier alpha value is -3.94. The van der Waals surface area contributed by atoms with Gasteiger partial charge in [0.25, 0.3) is 0 Å². The summed E-state index contributed by atoms with van der Waals surface area (Å²) in [6, 6.07) is 46.9. The molecule has 0 saturated carbocycles. The van der Waals surface area contributed by atoms with Crippen LogP contribution in [0.25, 0.3) is 43.8 Å². The predicted molar refractivity (Wildman–Crippen MR) is 160 cm³/mol. The molecule has 0 aliphatic carbocycles. The molecular formula is C36H32O2Zr. The molecule has 39 heavy (non-hydrogen) atoms. The third-order valence-electron chi connectivity index (χ3n) is 5.45. The third kappa shape index (κ3) is 10.4. The molecule has 6 aromatic rings. The van der Waals surface area contributed by atoms with E-state index in [0.717, 1.165) is 0 Å². The van der Waals surface area contributed by atoms with Gasteiger partial charge in [-0.1, -0.05) is 122 Å². The molecule has 0 fully saturated rings. The first-order chi connectivity index (χ1) is 18.3. The molecule has 0 atom stereocenters. The molecule has 3 heteroatoms. The zero-order valence-corrected chi connectivity index (χ0v) is 24.9. The Labute approximate surface area is 251 Å². The maximum absolute atomic E-state index is 9.33. The average Bonchev–Trinajstić information content (AvgIpc) is 3.54. The van der Waals surface area contributed by atoms with Crippen LogP contribution in [0.2, 0.25) is 0 Å². The van der Waals surface area contributed by atoms with Crippen LogP contribution in [0.4, 0.5) is 0 Å². The second-order valence-corrected chi connectivity index (χ2v) is 8.88. The van der Waals surface area contributed by atoms with E-state index in [2.05, 4.69) is 134 Å². The van der Waals surface area contributed by atoms with Crippen LogP contribution in [0.1, 0.15) is 13.8 Å². The smallest absolute Gasteiger partial charge is 0.876 e. The minimum atomic E-state index is -0.0833. The fourth-order valence-corrected chi connectivity index (χ4v) is 3.90. The van der Waals surface area contributed by atoms with Gasteiger partial charge in [-0.15, -0.1) is 93.7 Å². The molecule has 6 rings (SSSR count). The predicted octanol–water partition coefficient (Wildman–Crippen LogP) is 8.21.